The van der Waals surface area contributed by atoms with Crippen molar-refractivity contribution in [3.8, 4) is 0 Å². The first-order chi connectivity index (χ1) is 8.16. The Kier molecular flexibility index (Phi) is 2.60. The van der Waals surface area contributed by atoms with E-state index in [1.165, 1.54) is 0 Å². The molecule has 4 nitrogen and oxygen atoms in total. The summed E-state index contributed by atoms with van der Waals surface area (Å²) in [6, 6.07) is 6.30. The number of rotatable bonds is 1. The normalized spacial score (nSPS) is 24.6. The number of anilines is 1. The number of nitrogens with two attached hydrogens (primary N) is 1. The predicted molar refractivity (Wildman–Crippen MR) is 70.9 cm³/mol. The van der Waals surface area contributed by atoms with Crippen molar-refractivity contribution in [3.05, 3.63) is 22.7 Å². The number of nitrogen functional groups attached to an aromatic ring is 1. The van der Waals surface area contributed by atoms with Crippen LogP contribution in [0.15, 0.2) is 22.7 Å². The van der Waals surface area contributed by atoms with Crippen LogP contribution in [0.3, 0.4) is 0 Å². The zero-order valence-corrected chi connectivity index (χ0v) is 11.1. The zero-order chi connectivity index (χ0) is 12.0. The molecule has 0 bridgehead atoms. The van der Waals surface area contributed by atoms with E-state index in [2.05, 4.69) is 38.5 Å². The zero-order valence-electron chi connectivity index (χ0n) is 9.56. The van der Waals surface area contributed by atoms with Crippen LogP contribution in [0.25, 0.3) is 11.0 Å². The second-order valence-corrected chi connectivity index (χ2v) is 5.32. The van der Waals surface area contributed by atoms with E-state index >= 15 is 0 Å². The third-order valence-electron chi connectivity index (χ3n) is 3.35. The van der Waals surface area contributed by atoms with Crippen LogP contribution in [0, 0.1) is 0 Å². The highest BCUT2D eigenvalue weighted by molar-refractivity contribution is 9.10. The average molecular weight is 296 g/mol. The van der Waals surface area contributed by atoms with Gasteiger partial charge >= 0.3 is 0 Å². The molecule has 2 heterocycles. The topological polar surface area (TPSA) is 53.1 Å². The summed E-state index contributed by atoms with van der Waals surface area (Å²) in [7, 11) is 0. The molecule has 0 saturated carbocycles. The Bertz CT molecular complexity index is 566. The minimum Gasteiger partial charge on any atom is -0.376 e. The number of ether oxygens (including phenoxy) is 1. The quantitative estimate of drug-likeness (QED) is 0.880. The lowest BCUT2D eigenvalue weighted by Crippen LogP contribution is -2.18. The van der Waals surface area contributed by atoms with Crippen LogP contribution in [-0.4, -0.2) is 22.3 Å². The van der Waals surface area contributed by atoms with Crippen molar-refractivity contribution >= 4 is 32.9 Å². The predicted octanol–water partition coefficient (Wildman–Crippen LogP) is 2.73. The van der Waals surface area contributed by atoms with E-state index in [-0.39, 0.29) is 12.1 Å². The van der Waals surface area contributed by atoms with Gasteiger partial charge in [-0.15, -0.1) is 0 Å². The van der Waals surface area contributed by atoms with E-state index < -0.39 is 0 Å². The fraction of sp³-hybridized carbons (Fsp3) is 0.417. The first-order valence-electron chi connectivity index (χ1n) is 5.71. The van der Waals surface area contributed by atoms with Gasteiger partial charge in [-0.3, -0.25) is 0 Å². The van der Waals surface area contributed by atoms with Gasteiger partial charge in [-0.2, -0.15) is 0 Å². The summed E-state index contributed by atoms with van der Waals surface area (Å²) in [6.45, 7) is 2.87. The van der Waals surface area contributed by atoms with Gasteiger partial charge in [-0.1, -0.05) is 15.9 Å². The maximum absolute atomic E-state index is 6.03. The fourth-order valence-electron chi connectivity index (χ4n) is 2.49. The van der Waals surface area contributed by atoms with Gasteiger partial charge < -0.3 is 15.0 Å². The van der Waals surface area contributed by atoms with Gasteiger partial charge in [0.1, 0.15) is 0 Å². The van der Waals surface area contributed by atoms with Crippen LogP contribution < -0.4 is 5.73 Å². The monoisotopic (exact) mass is 295 g/mol. The maximum atomic E-state index is 6.03. The largest absolute Gasteiger partial charge is 0.376 e. The average Bonchev–Trinajstić information content (AvgIpc) is 2.81. The van der Waals surface area contributed by atoms with Crippen LogP contribution >= 0.6 is 15.9 Å². The number of fused-ring (bicyclic) bond motifs is 1. The fourth-order valence-corrected chi connectivity index (χ4v) is 2.84. The lowest BCUT2D eigenvalue weighted by atomic mass is 10.1. The molecule has 1 aromatic heterocycles. The molecule has 1 aromatic carbocycles. The van der Waals surface area contributed by atoms with Gasteiger partial charge in [0.25, 0.3) is 0 Å². The minimum absolute atomic E-state index is 0.189. The molecule has 5 heteroatoms. The molecule has 0 radical (unpaired) electrons. The third-order valence-corrected chi connectivity index (χ3v) is 3.84. The molecule has 1 aliphatic heterocycles. The van der Waals surface area contributed by atoms with Gasteiger partial charge in [-0.25, -0.2) is 4.98 Å². The molecule has 2 N–H and O–H groups in total. The molecular formula is C12H14BrN3O. The highest BCUT2D eigenvalue weighted by Crippen LogP contribution is 2.32. The van der Waals surface area contributed by atoms with Gasteiger partial charge in [0.05, 0.1) is 23.2 Å². The molecule has 90 valence electrons. The Balaban J connectivity index is 2.20. The van der Waals surface area contributed by atoms with Crippen LogP contribution in [0.1, 0.15) is 19.4 Å². The van der Waals surface area contributed by atoms with Crippen LogP contribution in [0.4, 0.5) is 5.95 Å². The first-order valence-corrected chi connectivity index (χ1v) is 6.50. The van der Waals surface area contributed by atoms with Crippen molar-refractivity contribution in [1.82, 2.24) is 9.55 Å². The third kappa shape index (κ3) is 1.73. The van der Waals surface area contributed by atoms with E-state index in [0.717, 1.165) is 28.5 Å². The molecule has 17 heavy (non-hydrogen) atoms. The highest BCUT2D eigenvalue weighted by Gasteiger charge is 2.28. The van der Waals surface area contributed by atoms with Gasteiger partial charge in [0, 0.05) is 11.1 Å². The Labute approximate surface area is 108 Å². The molecule has 2 atom stereocenters. The van der Waals surface area contributed by atoms with Crippen molar-refractivity contribution in [3.63, 3.8) is 0 Å². The second kappa shape index (κ2) is 3.99. The number of imidazole rings is 1. The summed E-state index contributed by atoms with van der Waals surface area (Å²) < 4.78 is 8.74. The summed E-state index contributed by atoms with van der Waals surface area (Å²) in [5.74, 6) is 0.570. The van der Waals surface area contributed by atoms with E-state index in [9.17, 15) is 0 Å². The second-order valence-electron chi connectivity index (χ2n) is 4.40. The van der Waals surface area contributed by atoms with E-state index in [4.69, 9.17) is 10.5 Å². The van der Waals surface area contributed by atoms with Crippen molar-refractivity contribution < 1.29 is 4.74 Å². The molecule has 3 rings (SSSR count). The molecule has 1 fully saturated rings. The summed E-state index contributed by atoms with van der Waals surface area (Å²) in [5.41, 5.74) is 8.03. The Hall–Kier alpha value is -1.07. The standard InChI is InChI=1S/C12H14BrN3O/c1-7-10(4-5-17-7)16-11-6-8(13)2-3-9(11)15-12(16)14/h2-3,6-7,10H,4-5H2,1H3,(H2,14,15). The minimum atomic E-state index is 0.189. The van der Waals surface area contributed by atoms with Crippen molar-refractivity contribution in [2.75, 3.05) is 12.3 Å². The molecule has 0 aliphatic carbocycles. The van der Waals surface area contributed by atoms with Gasteiger partial charge in [0.2, 0.25) is 5.95 Å². The number of aromatic nitrogens is 2. The van der Waals surface area contributed by atoms with E-state index in [1.54, 1.807) is 0 Å². The Morgan fingerprint density at radius 1 is 1.53 bits per heavy atom. The molecule has 1 saturated heterocycles. The van der Waals surface area contributed by atoms with Gasteiger partial charge in [0.15, 0.2) is 0 Å². The molecular weight excluding hydrogens is 282 g/mol. The molecule has 1 aliphatic rings. The van der Waals surface area contributed by atoms with Gasteiger partial charge in [-0.05, 0) is 31.5 Å². The van der Waals surface area contributed by atoms with Crippen molar-refractivity contribution in [1.29, 1.82) is 0 Å². The summed E-state index contributed by atoms with van der Waals surface area (Å²) in [6.07, 6.45) is 1.18. The molecule has 2 aromatic rings. The van der Waals surface area contributed by atoms with Crippen LogP contribution in [0.5, 0.6) is 0 Å². The SMILES string of the molecule is CC1OCCC1n1c(N)nc2ccc(Br)cc21. The molecule has 2 unspecified atom stereocenters. The number of halogens is 1. The lowest BCUT2D eigenvalue weighted by Gasteiger charge is -2.18. The summed E-state index contributed by atoms with van der Waals surface area (Å²) in [4.78, 5) is 4.40. The maximum Gasteiger partial charge on any atom is 0.201 e. The summed E-state index contributed by atoms with van der Waals surface area (Å²) in [5, 5.41) is 0. The Morgan fingerprint density at radius 3 is 3.06 bits per heavy atom. The number of nitrogens with zero attached hydrogens (tertiary/aromatic N) is 2. The molecule has 0 spiro atoms. The van der Waals surface area contributed by atoms with Crippen molar-refractivity contribution in [2.45, 2.75) is 25.5 Å². The highest BCUT2D eigenvalue weighted by atomic mass is 79.9. The van der Waals surface area contributed by atoms with E-state index in [1.807, 2.05) is 12.1 Å². The van der Waals surface area contributed by atoms with Crippen molar-refractivity contribution in [2.24, 2.45) is 0 Å². The van der Waals surface area contributed by atoms with Crippen LogP contribution in [-0.2, 0) is 4.74 Å². The first kappa shape index (κ1) is 11.0. The lowest BCUT2D eigenvalue weighted by molar-refractivity contribution is 0.109. The summed E-state index contributed by atoms with van der Waals surface area (Å²) >= 11 is 3.49. The Morgan fingerprint density at radius 2 is 2.35 bits per heavy atom. The number of benzene rings is 1. The van der Waals surface area contributed by atoms with Crippen LogP contribution in [0.2, 0.25) is 0 Å². The molecule has 0 amide bonds. The number of hydrogen-bond donors (Lipinski definition) is 1. The number of hydrogen-bond acceptors (Lipinski definition) is 3. The van der Waals surface area contributed by atoms with E-state index in [0.29, 0.717) is 5.95 Å². The smallest absolute Gasteiger partial charge is 0.201 e.